The second kappa shape index (κ2) is 3.65. The van der Waals surface area contributed by atoms with Gasteiger partial charge in [-0.3, -0.25) is 0 Å². The Kier molecular flexibility index (Phi) is 2.34. The van der Waals surface area contributed by atoms with Gasteiger partial charge in [-0.2, -0.15) is 0 Å². The van der Waals surface area contributed by atoms with Crippen molar-refractivity contribution in [3.8, 4) is 0 Å². The molecule has 3 heterocycles. The van der Waals surface area contributed by atoms with Gasteiger partial charge in [0.25, 0.3) is 0 Å². The van der Waals surface area contributed by atoms with Crippen molar-refractivity contribution in [1.29, 1.82) is 0 Å². The normalized spacial score (nSPS) is 13.7. The smallest absolute Gasteiger partial charge is 0.123 e. The van der Waals surface area contributed by atoms with Gasteiger partial charge >= 0.3 is 0 Å². The first-order valence-corrected chi connectivity index (χ1v) is 4.71. The van der Waals surface area contributed by atoms with Crippen molar-refractivity contribution in [1.82, 2.24) is 4.98 Å². The van der Waals surface area contributed by atoms with Gasteiger partial charge in [0.2, 0.25) is 0 Å². The molecule has 0 bridgehead atoms. The van der Waals surface area contributed by atoms with E-state index in [2.05, 4.69) is 27.2 Å². The first-order chi connectivity index (χ1) is 5.97. The molecule has 0 radical (unpaired) electrons. The van der Waals surface area contributed by atoms with E-state index in [0.717, 1.165) is 18.0 Å². The van der Waals surface area contributed by atoms with Gasteiger partial charge in [0.1, 0.15) is 4.83 Å². The molecule has 0 unspecified atom stereocenters. The molecule has 0 atom stereocenters. The van der Waals surface area contributed by atoms with Crippen LogP contribution >= 0.6 is 11.3 Å². The topological polar surface area (TPSA) is 25.4 Å². The van der Waals surface area contributed by atoms with E-state index in [1.807, 2.05) is 12.3 Å². The Hall–Kier alpha value is -0.930. The summed E-state index contributed by atoms with van der Waals surface area (Å²) in [5.74, 6) is 0. The molecule has 1 fully saturated rings. The lowest BCUT2D eigenvalue weighted by atomic mass is 10.4. The van der Waals surface area contributed by atoms with Crippen molar-refractivity contribution >= 4 is 21.6 Å². The molecule has 1 aliphatic heterocycles. The van der Waals surface area contributed by atoms with Crippen molar-refractivity contribution in [3.05, 3.63) is 29.8 Å². The fourth-order valence-corrected chi connectivity index (χ4v) is 1.54. The van der Waals surface area contributed by atoms with Crippen molar-refractivity contribution in [2.75, 3.05) is 13.2 Å². The highest BCUT2D eigenvalue weighted by Gasteiger charge is 1.94. The van der Waals surface area contributed by atoms with Crippen LogP contribution in [0.1, 0.15) is 0 Å². The number of rotatable bonds is 0. The van der Waals surface area contributed by atoms with Gasteiger partial charge in [-0.1, -0.05) is 6.07 Å². The summed E-state index contributed by atoms with van der Waals surface area (Å²) in [6.07, 6.45) is 1.82. The summed E-state index contributed by atoms with van der Waals surface area (Å²) in [5, 5.41) is 3.29. The molecule has 2 aromatic heterocycles. The number of hydrogen-bond acceptors (Lipinski definition) is 3. The first-order valence-electron chi connectivity index (χ1n) is 3.83. The van der Waals surface area contributed by atoms with Gasteiger partial charge in [0, 0.05) is 11.6 Å². The van der Waals surface area contributed by atoms with Gasteiger partial charge in [-0.05, 0) is 17.5 Å². The molecule has 0 N–H and O–H groups in total. The number of ether oxygens (including phenoxy) is 1. The molecule has 0 amide bonds. The van der Waals surface area contributed by atoms with E-state index in [1.54, 1.807) is 11.3 Å². The summed E-state index contributed by atoms with van der Waals surface area (Å²) < 4.78 is 4.50. The van der Waals surface area contributed by atoms with E-state index in [-0.39, 0.29) is 0 Å². The van der Waals surface area contributed by atoms with Crippen LogP contribution in [0.5, 0.6) is 0 Å². The van der Waals surface area contributed by atoms with Crippen LogP contribution in [0, 0.1) is 0 Å². The number of thiophene rings is 1. The molecule has 2 nitrogen and oxygen atoms in total. The third kappa shape index (κ3) is 2.03. The standard InChI is InChI=1S/C7H5NS.C2H4O/c1-2-6-3-5-9-7(6)8-4-1;1-2-3-1/h1-5H;1-2H2. The van der Waals surface area contributed by atoms with Crippen molar-refractivity contribution in [2.24, 2.45) is 0 Å². The van der Waals surface area contributed by atoms with E-state index in [4.69, 9.17) is 0 Å². The number of nitrogens with zero attached hydrogens (tertiary/aromatic N) is 1. The number of epoxide rings is 1. The highest BCUT2D eigenvalue weighted by atomic mass is 32.1. The number of hydrogen-bond donors (Lipinski definition) is 0. The van der Waals surface area contributed by atoms with Crippen LogP contribution in [0.3, 0.4) is 0 Å². The maximum Gasteiger partial charge on any atom is 0.123 e. The lowest BCUT2D eigenvalue weighted by Gasteiger charge is -1.81. The highest BCUT2D eigenvalue weighted by Crippen LogP contribution is 2.15. The minimum atomic E-state index is 1.00. The van der Waals surface area contributed by atoms with Crippen LogP contribution in [0.4, 0.5) is 0 Å². The second-order valence-corrected chi connectivity index (χ2v) is 3.33. The molecule has 1 saturated heterocycles. The third-order valence-corrected chi connectivity index (χ3v) is 2.27. The summed E-state index contributed by atoms with van der Waals surface area (Å²) in [4.78, 5) is 5.28. The van der Waals surface area contributed by atoms with Crippen molar-refractivity contribution < 1.29 is 4.74 Å². The van der Waals surface area contributed by atoms with Gasteiger partial charge in [0.15, 0.2) is 0 Å². The number of fused-ring (bicyclic) bond motifs is 1. The fraction of sp³-hybridized carbons (Fsp3) is 0.222. The highest BCUT2D eigenvalue weighted by molar-refractivity contribution is 7.16. The molecule has 3 heteroatoms. The summed E-state index contributed by atoms with van der Waals surface area (Å²) in [5.41, 5.74) is 0. The molecule has 2 aromatic rings. The SMILES string of the molecule is C1CO1.c1cnc2sccc2c1. The summed E-state index contributed by atoms with van der Waals surface area (Å²) in [7, 11) is 0. The Balaban J connectivity index is 0.000000159. The molecular weight excluding hydrogens is 170 g/mol. The van der Waals surface area contributed by atoms with E-state index in [0.29, 0.717) is 0 Å². The molecular formula is C9H9NOS. The minimum absolute atomic E-state index is 1.00. The van der Waals surface area contributed by atoms with Crippen LogP contribution in [0.25, 0.3) is 10.2 Å². The first kappa shape index (κ1) is 7.71. The molecule has 0 aliphatic carbocycles. The molecule has 3 rings (SSSR count). The Morgan fingerprint density at radius 3 is 2.83 bits per heavy atom. The van der Waals surface area contributed by atoms with Crippen LogP contribution in [-0.4, -0.2) is 18.2 Å². The zero-order valence-electron chi connectivity index (χ0n) is 6.56. The minimum Gasteiger partial charge on any atom is -0.377 e. The monoisotopic (exact) mass is 179 g/mol. The maximum absolute atomic E-state index is 4.50. The predicted octanol–water partition coefficient (Wildman–Crippen LogP) is 2.31. The van der Waals surface area contributed by atoms with E-state index < -0.39 is 0 Å². The van der Waals surface area contributed by atoms with E-state index in [1.165, 1.54) is 5.39 Å². The largest absolute Gasteiger partial charge is 0.377 e. The van der Waals surface area contributed by atoms with Crippen LogP contribution in [-0.2, 0) is 4.74 Å². The molecule has 12 heavy (non-hydrogen) atoms. The average Bonchev–Trinajstić information content (AvgIpc) is 2.91. The van der Waals surface area contributed by atoms with Crippen LogP contribution in [0.15, 0.2) is 29.8 Å². The van der Waals surface area contributed by atoms with Crippen molar-refractivity contribution in [3.63, 3.8) is 0 Å². The summed E-state index contributed by atoms with van der Waals surface area (Å²) in [6.45, 7) is 2.00. The van der Waals surface area contributed by atoms with Crippen molar-refractivity contribution in [2.45, 2.75) is 0 Å². The number of pyridine rings is 1. The van der Waals surface area contributed by atoms with E-state index >= 15 is 0 Å². The quantitative estimate of drug-likeness (QED) is 0.580. The summed E-state index contributed by atoms with van der Waals surface area (Å²) in [6, 6.07) is 6.10. The molecule has 62 valence electrons. The summed E-state index contributed by atoms with van der Waals surface area (Å²) >= 11 is 1.68. The molecule has 0 aromatic carbocycles. The lowest BCUT2D eigenvalue weighted by Crippen LogP contribution is -1.65. The van der Waals surface area contributed by atoms with Gasteiger partial charge < -0.3 is 4.74 Å². The Morgan fingerprint density at radius 2 is 2.17 bits per heavy atom. The number of aromatic nitrogens is 1. The second-order valence-electron chi connectivity index (χ2n) is 2.43. The molecule has 0 spiro atoms. The van der Waals surface area contributed by atoms with Gasteiger partial charge in [-0.25, -0.2) is 4.98 Å². The Bertz CT molecular complexity index is 323. The lowest BCUT2D eigenvalue weighted by molar-refractivity contribution is 0.475. The average molecular weight is 179 g/mol. The fourth-order valence-electron chi connectivity index (χ4n) is 0.800. The predicted molar refractivity (Wildman–Crippen MR) is 50.4 cm³/mol. The molecule has 1 aliphatic rings. The Labute approximate surface area is 74.8 Å². The third-order valence-electron chi connectivity index (χ3n) is 1.43. The van der Waals surface area contributed by atoms with Gasteiger partial charge in [-0.15, -0.1) is 11.3 Å². The Morgan fingerprint density at radius 1 is 1.33 bits per heavy atom. The van der Waals surface area contributed by atoms with E-state index in [9.17, 15) is 0 Å². The zero-order valence-corrected chi connectivity index (χ0v) is 7.38. The van der Waals surface area contributed by atoms with Crippen LogP contribution < -0.4 is 0 Å². The maximum atomic E-state index is 4.50. The zero-order chi connectivity index (χ0) is 8.23. The van der Waals surface area contributed by atoms with Gasteiger partial charge in [0.05, 0.1) is 13.2 Å². The molecule has 0 saturated carbocycles. The van der Waals surface area contributed by atoms with Crippen LogP contribution in [0.2, 0.25) is 0 Å².